The first-order valence-corrected chi connectivity index (χ1v) is 7.51. The summed E-state index contributed by atoms with van der Waals surface area (Å²) in [6.07, 6.45) is -4.53. The van der Waals surface area contributed by atoms with E-state index in [0.29, 0.717) is 16.5 Å². The maximum Gasteiger partial charge on any atom is 0.416 e. The van der Waals surface area contributed by atoms with Gasteiger partial charge in [0.15, 0.2) is 0 Å². The highest BCUT2D eigenvalue weighted by Crippen LogP contribution is 2.35. The lowest BCUT2D eigenvalue weighted by Gasteiger charge is -2.13. The van der Waals surface area contributed by atoms with Gasteiger partial charge in [-0.25, -0.2) is 0 Å². The van der Waals surface area contributed by atoms with Gasteiger partial charge in [0, 0.05) is 5.02 Å². The Morgan fingerprint density at radius 1 is 1.24 bits per heavy atom. The maximum atomic E-state index is 13.3. The van der Waals surface area contributed by atoms with E-state index in [4.69, 9.17) is 21.6 Å². The summed E-state index contributed by atoms with van der Waals surface area (Å²) in [6.45, 7) is -0.113. The Balaban J connectivity index is 2.12. The largest absolute Gasteiger partial charge is 0.479 e. The molecule has 1 heterocycles. The fourth-order valence-corrected chi connectivity index (χ4v) is 2.77. The van der Waals surface area contributed by atoms with Gasteiger partial charge >= 0.3 is 6.18 Å². The number of hydrogen-bond acceptors (Lipinski definition) is 3. The maximum absolute atomic E-state index is 13.3. The Labute approximate surface area is 146 Å². The summed E-state index contributed by atoms with van der Waals surface area (Å²) in [5.74, 6) is 0.245. The van der Waals surface area contributed by atoms with Crippen molar-refractivity contribution < 1.29 is 17.9 Å². The van der Waals surface area contributed by atoms with E-state index in [1.807, 2.05) is 6.07 Å². The number of alkyl halides is 3. The number of benzene rings is 2. The number of halogens is 4. The summed E-state index contributed by atoms with van der Waals surface area (Å²) in [7, 11) is 1.41. The quantitative estimate of drug-likeness (QED) is 0.679. The predicted molar refractivity (Wildman–Crippen MR) is 86.6 cm³/mol. The molecule has 0 bridgehead atoms. The molecule has 25 heavy (non-hydrogen) atoms. The zero-order valence-corrected chi connectivity index (χ0v) is 13.7. The molecule has 2 aromatic carbocycles. The van der Waals surface area contributed by atoms with Gasteiger partial charge < -0.3 is 4.74 Å². The summed E-state index contributed by atoms with van der Waals surface area (Å²) in [5, 5.41) is 13.8. The third-order valence-electron chi connectivity index (χ3n) is 3.74. The van der Waals surface area contributed by atoms with E-state index in [1.54, 1.807) is 18.2 Å². The van der Waals surface area contributed by atoms with Gasteiger partial charge in [0.25, 0.3) is 0 Å². The molecule has 3 rings (SSSR count). The highest BCUT2D eigenvalue weighted by atomic mass is 35.5. The average molecular weight is 366 g/mol. The van der Waals surface area contributed by atoms with Crippen LogP contribution in [-0.2, 0) is 12.7 Å². The smallest absolute Gasteiger partial charge is 0.416 e. The molecule has 0 unspecified atom stereocenters. The van der Waals surface area contributed by atoms with Gasteiger partial charge in [-0.15, -0.1) is 5.10 Å². The van der Waals surface area contributed by atoms with Crippen molar-refractivity contribution in [3.05, 3.63) is 58.1 Å². The molecule has 0 aliphatic heterocycles. The Morgan fingerprint density at radius 3 is 2.64 bits per heavy atom. The van der Waals surface area contributed by atoms with E-state index in [2.05, 4.69) is 5.10 Å². The van der Waals surface area contributed by atoms with E-state index in [0.717, 1.165) is 6.07 Å². The highest BCUT2D eigenvalue weighted by Gasteiger charge is 2.33. The van der Waals surface area contributed by atoms with Crippen molar-refractivity contribution in [2.24, 2.45) is 0 Å². The standard InChI is InChI=1S/C17H11ClF3N3O/c1-25-16-13-6-10(8-22)2-5-15(13)24(23-16)9-11-3-4-12(18)7-14(11)17(19,20)21/h2-7H,9H2,1H3. The SMILES string of the molecule is COc1nn(Cc2ccc(Cl)cc2C(F)(F)F)c2ccc(C#N)cc12. The molecule has 4 nitrogen and oxygen atoms in total. The second-order valence-corrected chi connectivity index (χ2v) is 5.75. The van der Waals surface area contributed by atoms with Gasteiger partial charge in [-0.05, 0) is 35.9 Å². The molecule has 0 aliphatic rings. The van der Waals surface area contributed by atoms with Crippen LogP contribution in [0.3, 0.4) is 0 Å². The lowest BCUT2D eigenvalue weighted by Crippen LogP contribution is -2.12. The molecular formula is C17H11ClF3N3O. The Kier molecular flexibility index (Phi) is 4.31. The van der Waals surface area contributed by atoms with Crippen LogP contribution in [0.4, 0.5) is 13.2 Å². The average Bonchev–Trinajstić information content (AvgIpc) is 2.92. The number of rotatable bonds is 3. The van der Waals surface area contributed by atoms with Crippen molar-refractivity contribution in [2.75, 3.05) is 7.11 Å². The van der Waals surface area contributed by atoms with Gasteiger partial charge in [-0.2, -0.15) is 18.4 Å². The van der Waals surface area contributed by atoms with Crippen LogP contribution in [0.25, 0.3) is 10.9 Å². The molecule has 3 aromatic rings. The highest BCUT2D eigenvalue weighted by molar-refractivity contribution is 6.30. The van der Waals surface area contributed by atoms with Crippen molar-refractivity contribution in [1.29, 1.82) is 5.26 Å². The third-order valence-corrected chi connectivity index (χ3v) is 3.97. The van der Waals surface area contributed by atoms with Crippen LogP contribution < -0.4 is 4.74 Å². The molecule has 0 atom stereocenters. The molecule has 0 spiro atoms. The third kappa shape index (κ3) is 3.26. The topological polar surface area (TPSA) is 50.8 Å². The summed E-state index contributed by atoms with van der Waals surface area (Å²) in [4.78, 5) is 0. The molecule has 0 saturated heterocycles. The molecule has 0 amide bonds. The number of ether oxygens (including phenoxy) is 1. The van der Waals surface area contributed by atoms with E-state index in [-0.39, 0.29) is 23.0 Å². The first-order chi connectivity index (χ1) is 11.8. The number of nitrogens with zero attached hydrogens (tertiary/aromatic N) is 3. The number of methoxy groups -OCH3 is 1. The van der Waals surface area contributed by atoms with Crippen molar-refractivity contribution in [3.63, 3.8) is 0 Å². The molecule has 1 aromatic heterocycles. The zero-order valence-electron chi connectivity index (χ0n) is 12.9. The lowest BCUT2D eigenvalue weighted by atomic mass is 10.1. The molecule has 0 radical (unpaired) electrons. The zero-order chi connectivity index (χ0) is 18.2. The van der Waals surface area contributed by atoms with Gasteiger partial charge in [0.2, 0.25) is 5.88 Å². The van der Waals surface area contributed by atoms with Crippen LogP contribution in [0.2, 0.25) is 5.02 Å². The summed E-state index contributed by atoms with van der Waals surface area (Å²) in [5.41, 5.74) is 0.205. The Morgan fingerprint density at radius 2 is 2.00 bits per heavy atom. The van der Waals surface area contributed by atoms with Crippen LogP contribution >= 0.6 is 11.6 Å². The van der Waals surface area contributed by atoms with Crippen LogP contribution in [0, 0.1) is 11.3 Å². The first-order valence-electron chi connectivity index (χ1n) is 7.13. The van der Waals surface area contributed by atoms with E-state index < -0.39 is 11.7 Å². The lowest BCUT2D eigenvalue weighted by molar-refractivity contribution is -0.138. The van der Waals surface area contributed by atoms with Gasteiger partial charge in [0.1, 0.15) is 0 Å². The Hall–Kier alpha value is -2.72. The van der Waals surface area contributed by atoms with E-state index >= 15 is 0 Å². The van der Waals surface area contributed by atoms with Crippen LogP contribution in [0.15, 0.2) is 36.4 Å². The molecule has 128 valence electrons. The van der Waals surface area contributed by atoms with E-state index in [9.17, 15) is 13.2 Å². The molecule has 0 N–H and O–H groups in total. The van der Waals surface area contributed by atoms with Crippen molar-refractivity contribution in [3.8, 4) is 11.9 Å². The van der Waals surface area contributed by atoms with E-state index in [1.165, 1.54) is 23.9 Å². The molecular weight excluding hydrogens is 355 g/mol. The predicted octanol–water partition coefficient (Wildman–Crippen LogP) is 4.64. The normalized spacial score (nSPS) is 11.5. The number of nitriles is 1. The number of hydrogen-bond donors (Lipinski definition) is 0. The van der Waals surface area contributed by atoms with Crippen molar-refractivity contribution >= 4 is 22.5 Å². The fraction of sp³-hybridized carbons (Fsp3) is 0.176. The minimum absolute atomic E-state index is 0.0117. The van der Waals surface area contributed by atoms with Gasteiger partial charge in [0.05, 0.1) is 41.8 Å². The first kappa shape index (κ1) is 17.1. The minimum Gasteiger partial charge on any atom is -0.479 e. The van der Waals surface area contributed by atoms with Crippen LogP contribution in [0.1, 0.15) is 16.7 Å². The second kappa shape index (κ2) is 6.30. The number of fused-ring (bicyclic) bond motifs is 1. The minimum atomic E-state index is -4.53. The summed E-state index contributed by atoms with van der Waals surface area (Å²) in [6, 6.07) is 10.4. The second-order valence-electron chi connectivity index (χ2n) is 5.31. The van der Waals surface area contributed by atoms with Crippen LogP contribution in [0.5, 0.6) is 5.88 Å². The van der Waals surface area contributed by atoms with Crippen molar-refractivity contribution in [2.45, 2.75) is 12.7 Å². The van der Waals surface area contributed by atoms with Crippen LogP contribution in [-0.4, -0.2) is 16.9 Å². The molecule has 8 heteroatoms. The fourth-order valence-electron chi connectivity index (χ4n) is 2.60. The summed E-state index contributed by atoms with van der Waals surface area (Å²) >= 11 is 5.71. The molecule has 0 aliphatic carbocycles. The molecule has 0 saturated carbocycles. The Bertz CT molecular complexity index is 989. The summed E-state index contributed by atoms with van der Waals surface area (Å²) < 4.78 is 46.4. The monoisotopic (exact) mass is 365 g/mol. The van der Waals surface area contributed by atoms with Gasteiger partial charge in [-0.1, -0.05) is 17.7 Å². The van der Waals surface area contributed by atoms with Crippen molar-refractivity contribution in [1.82, 2.24) is 9.78 Å². The molecule has 0 fully saturated rings. The number of aromatic nitrogens is 2. The van der Waals surface area contributed by atoms with Gasteiger partial charge in [-0.3, -0.25) is 4.68 Å².